The van der Waals surface area contributed by atoms with Crippen LogP contribution in [0, 0.1) is 19.8 Å². The Bertz CT molecular complexity index is 1090. The van der Waals surface area contributed by atoms with Gasteiger partial charge in [0.05, 0.1) is 24.2 Å². The number of benzene rings is 2. The molecule has 1 N–H and O–H groups in total. The fourth-order valence-corrected chi connectivity index (χ4v) is 6.44. The molecule has 2 heterocycles. The van der Waals surface area contributed by atoms with Gasteiger partial charge in [-0.1, -0.05) is 36.4 Å². The molecule has 0 saturated carbocycles. The number of fused-ring (bicyclic) bond motifs is 3. The zero-order chi connectivity index (χ0) is 20.9. The molecule has 0 aromatic heterocycles. The Kier molecular flexibility index (Phi) is 4.96. The van der Waals surface area contributed by atoms with Crippen molar-refractivity contribution in [3.63, 3.8) is 0 Å². The highest BCUT2D eigenvalue weighted by molar-refractivity contribution is 7.89. The van der Waals surface area contributed by atoms with Crippen molar-refractivity contribution in [2.24, 2.45) is 5.92 Å². The molecule has 2 aliphatic heterocycles. The molecular formula is C24H28N2O3S. The zero-order valence-corrected chi connectivity index (χ0v) is 18.3. The van der Waals surface area contributed by atoms with Crippen molar-refractivity contribution in [3.8, 4) is 0 Å². The number of nitrogens with one attached hydrogen (secondary N) is 1. The molecule has 158 valence electrons. The predicted octanol–water partition coefficient (Wildman–Crippen LogP) is 4.15. The Morgan fingerprint density at radius 2 is 1.77 bits per heavy atom. The molecule has 0 radical (unpaired) electrons. The van der Waals surface area contributed by atoms with E-state index in [4.69, 9.17) is 4.74 Å². The standard InChI is InChI=1S/C24H28N2O3S/c1-16-6-11-22-20-4-3-5-21(20)24(25-23(22)17(16)2)18-7-9-19(10-8-18)30(27,28)26-12-14-29-15-13-26/h3-4,6-11,20-21,24-25H,5,12-15H2,1-2H3. The molecule has 3 aliphatic rings. The molecule has 2 aromatic rings. The van der Waals surface area contributed by atoms with Crippen molar-refractivity contribution in [2.75, 3.05) is 31.6 Å². The highest BCUT2D eigenvalue weighted by Crippen LogP contribution is 2.51. The van der Waals surface area contributed by atoms with Crippen LogP contribution < -0.4 is 5.32 Å². The molecule has 5 nitrogen and oxygen atoms in total. The van der Waals surface area contributed by atoms with E-state index in [-0.39, 0.29) is 6.04 Å². The third-order valence-corrected chi connectivity index (χ3v) is 8.83. The molecule has 0 amide bonds. The van der Waals surface area contributed by atoms with Crippen molar-refractivity contribution < 1.29 is 13.2 Å². The highest BCUT2D eigenvalue weighted by atomic mass is 32.2. The van der Waals surface area contributed by atoms with Crippen LogP contribution in [0.4, 0.5) is 5.69 Å². The van der Waals surface area contributed by atoms with E-state index in [1.54, 1.807) is 12.1 Å². The van der Waals surface area contributed by atoms with Crippen LogP contribution in [-0.2, 0) is 14.8 Å². The third kappa shape index (κ3) is 3.18. The maximum absolute atomic E-state index is 12.9. The van der Waals surface area contributed by atoms with Gasteiger partial charge in [0.25, 0.3) is 0 Å². The second-order valence-corrected chi connectivity index (χ2v) is 10.5. The lowest BCUT2D eigenvalue weighted by atomic mass is 9.76. The summed E-state index contributed by atoms with van der Waals surface area (Å²) in [5.41, 5.74) is 6.33. The first-order valence-electron chi connectivity index (χ1n) is 10.7. The van der Waals surface area contributed by atoms with Crippen LogP contribution in [0.5, 0.6) is 0 Å². The zero-order valence-electron chi connectivity index (χ0n) is 17.5. The topological polar surface area (TPSA) is 58.6 Å². The summed E-state index contributed by atoms with van der Waals surface area (Å²) in [5.74, 6) is 0.851. The number of nitrogens with zero attached hydrogens (tertiary/aromatic N) is 1. The SMILES string of the molecule is Cc1ccc2c(c1C)NC(c1ccc(S(=O)(=O)N3CCOCC3)cc1)C1CC=CC21. The van der Waals surface area contributed by atoms with Gasteiger partial charge >= 0.3 is 0 Å². The number of ether oxygens (including phenoxy) is 1. The molecule has 1 aliphatic carbocycles. The van der Waals surface area contributed by atoms with Crippen molar-refractivity contribution >= 4 is 15.7 Å². The fourth-order valence-electron chi connectivity index (χ4n) is 5.03. The molecule has 1 fully saturated rings. The molecule has 2 aromatic carbocycles. The van der Waals surface area contributed by atoms with Gasteiger partial charge in [-0.15, -0.1) is 0 Å². The van der Waals surface area contributed by atoms with Crippen LogP contribution in [0.2, 0.25) is 0 Å². The van der Waals surface area contributed by atoms with E-state index in [1.807, 2.05) is 12.1 Å². The van der Waals surface area contributed by atoms with Crippen LogP contribution in [-0.4, -0.2) is 39.0 Å². The normalized spacial score (nSPS) is 26.1. The van der Waals surface area contributed by atoms with Gasteiger partial charge in [-0.3, -0.25) is 0 Å². The lowest BCUT2D eigenvalue weighted by Crippen LogP contribution is -2.40. The van der Waals surface area contributed by atoms with Gasteiger partial charge in [0.1, 0.15) is 0 Å². The van der Waals surface area contributed by atoms with Crippen molar-refractivity contribution in [1.29, 1.82) is 0 Å². The lowest BCUT2D eigenvalue weighted by Gasteiger charge is -2.38. The first-order chi connectivity index (χ1) is 14.5. The smallest absolute Gasteiger partial charge is 0.243 e. The molecule has 3 unspecified atom stereocenters. The summed E-state index contributed by atoms with van der Waals surface area (Å²) >= 11 is 0. The van der Waals surface area contributed by atoms with Gasteiger partial charge in [-0.05, 0) is 60.6 Å². The third-order valence-electron chi connectivity index (χ3n) is 6.92. The molecule has 3 atom stereocenters. The van der Waals surface area contributed by atoms with Gasteiger partial charge in [0, 0.05) is 24.7 Å². The molecule has 6 heteroatoms. The molecular weight excluding hydrogens is 396 g/mol. The second kappa shape index (κ2) is 7.52. The Labute approximate surface area is 178 Å². The van der Waals surface area contributed by atoms with Crippen molar-refractivity contribution in [2.45, 2.75) is 37.1 Å². The minimum atomic E-state index is -3.47. The summed E-state index contributed by atoms with van der Waals surface area (Å²) in [4.78, 5) is 0.359. The number of aryl methyl sites for hydroxylation is 1. The number of anilines is 1. The monoisotopic (exact) mass is 424 g/mol. The van der Waals surface area contributed by atoms with E-state index in [0.717, 1.165) is 12.0 Å². The maximum Gasteiger partial charge on any atom is 0.243 e. The number of sulfonamides is 1. The van der Waals surface area contributed by atoms with Crippen molar-refractivity contribution in [1.82, 2.24) is 4.31 Å². The van der Waals surface area contributed by atoms with Crippen LogP contribution in [0.25, 0.3) is 0 Å². The summed E-state index contributed by atoms with van der Waals surface area (Å²) in [6.07, 6.45) is 5.65. The Hall–Kier alpha value is -2.15. The summed E-state index contributed by atoms with van der Waals surface area (Å²) < 4.78 is 32.7. The number of rotatable bonds is 3. The largest absolute Gasteiger partial charge is 0.379 e. The molecule has 5 rings (SSSR count). The summed E-state index contributed by atoms with van der Waals surface area (Å²) in [6.45, 7) is 6.07. The minimum Gasteiger partial charge on any atom is -0.379 e. The minimum absolute atomic E-state index is 0.165. The number of hydrogen-bond acceptors (Lipinski definition) is 4. The van der Waals surface area contributed by atoms with Crippen LogP contribution in [0.1, 0.15) is 40.6 Å². The number of morpholine rings is 1. The van der Waals surface area contributed by atoms with Gasteiger partial charge in [0.15, 0.2) is 0 Å². The Morgan fingerprint density at radius 1 is 1.03 bits per heavy atom. The second-order valence-electron chi connectivity index (χ2n) is 8.53. The predicted molar refractivity (Wildman–Crippen MR) is 118 cm³/mol. The van der Waals surface area contributed by atoms with Gasteiger partial charge in [-0.25, -0.2) is 8.42 Å². The molecule has 30 heavy (non-hydrogen) atoms. The molecule has 1 saturated heterocycles. The van der Waals surface area contributed by atoms with Crippen LogP contribution >= 0.6 is 0 Å². The summed E-state index contributed by atoms with van der Waals surface area (Å²) in [6, 6.07) is 12.1. The van der Waals surface area contributed by atoms with Crippen LogP contribution in [0.3, 0.4) is 0 Å². The van der Waals surface area contributed by atoms with E-state index in [9.17, 15) is 8.42 Å². The van der Waals surface area contributed by atoms with Gasteiger partial charge < -0.3 is 10.1 Å². The summed E-state index contributed by atoms with van der Waals surface area (Å²) in [5, 5.41) is 3.80. The van der Waals surface area contributed by atoms with E-state index in [1.165, 1.54) is 26.7 Å². The van der Waals surface area contributed by atoms with E-state index in [0.29, 0.717) is 43.0 Å². The average molecular weight is 425 g/mol. The lowest BCUT2D eigenvalue weighted by molar-refractivity contribution is 0.0730. The maximum atomic E-state index is 12.9. The van der Waals surface area contributed by atoms with Gasteiger partial charge in [0.2, 0.25) is 10.0 Å². The summed E-state index contributed by atoms with van der Waals surface area (Å²) in [7, 11) is -3.47. The fraction of sp³-hybridized carbons (Fsp3) is 0.417. The molecule has 0 spiro atoms. The average Bonchev–Trinajstić information content (AvgIpc) is 3.27. The van der Waals surface area contributed by atoms with Crippen molar-refractivity contribution in [3.05, 3.63) is 70.8 Å². The number of allylic oxidation sites excluding steroid dienone is 2. The van der Waals surface area contributed by atoms with Crippen LogP contribution in [0.15, 0.2) is 53.4 Å². The Morgan fingerprint density at radius 3 is 2.50 bits per heavy atom. The Balaban J connectivity index is 1.46. The quantitative estimate of drug-likeness (QED) is 0.752. The highest BCUT2D eigenvalue weighted by Gasteiger charge is 2.38. The van der Waals surface area contributed by atoms with Gasteiger partial charge in [-0.2, -0.15) is 4.31 Å². The first-order valence-corrected chi connectivity index (χ1v) is 12.1. The van der Waals surface area contributed by atoms with E-state index >= 15 is 0 Å². The van der Waals surface area contributed by atoms with E-state index < -0.39 is 10.0 Å². The van der Waals surface area contributed by atoms with E-state index in [2.05, 4.69) is 43.4 Å². The molecule has 0 bridgehead atoms. The first kappa shape index (κ1) is 19.8. The number of hydrogen-bond donors (Lipinski definition) is 1.